The van der Waals surface area contributed by atoms with Gasteiger partial charge in [-0.05, 0) is 44.0 Å². The molecule has 0 fully saturated rings. The molecule has 3 rings (SSSR count). The summed E-state index contributed by atoms with van der Waals surface area (Å²) in [4.78, 5) is 28.6. The number of carbonyl (C=O) groups excluding carboxylic acids is 1. The highest BCUT2D eigenvalue weighted by molar-refractivity contribution is 9.10. The topological polar surface area (TPSA) is 76.9 Å². The van der Waals surface area contributed by atoms with Crippen LogP contribution in [0, 0.1) is 20.8 Å². The Morgan fingerprint density at radius 3 is 2.44 bits per heavy atom. The van der Waals surface area contributed by atoms with E-state index in [4.69, 9.17) is 0 Å². The summed E-state index contributed by atoms with van der Waals surface area (Å²) in [6.45, 7) is 5.68. The first-order chi connectivity index (χ1) is 12.8. The molecule has 2 aromatic carbocycles. The van der Waals surface area contributed by atoms with Gasteiger partial charge in [-0.25, -0.2) is 9.48 Å². The molecule has 3 aromatic rings. The maximum absolute atomic E-state index is 12.3. The van der Waals surface area contributed by atoms with Crippen molar-refractivity contribution in [3.8, 4) is 11.3 Å². The Hall–Kier alpha value is -2.80. The minimum absolute atomic E-state index is 0.200. The number of nitrogens with zero attached hydrogens (tertiary/aromatic N) is 3. The van der Waals surface area contributed by atoms with E-state index < -0.39 is 5.69 Å². The van der Waals surface area contributed by atoms with E-state index in [1.807, 2.05) is 57.2 Å². The number of hydrogen-bond acceptors (Lipinski definition) is 4. The molecule has 138 valence electrons. The van der Waals surface area contributed by atoms with Crippen LogP contribution in [0.1, 0.15) is 16.7 Å². The lowest BCUT2D eigenvalue weighted by Crippen LogP contribution is -2.31. The van der Waals surface area contributed by atoms with E-state index in [0.717, 1.165) is 31.4 Å². The van der Waals surface area contributed by atoms with Crippen molar-refractivity contribution in [3.63, 3.8) is 0 Å². The van der Waals surface area contributed by atoms with Gasteiger partial charge in [-0.15, -0.1) is 0 Å². The number of aromatic nitrogens is 3. The van der Waals surface area contributed by atoms with Gasteiger partial charge in [0.15, 0.2) is 0 Å². The molecule has 0 spiro atoms. The molecule has 0 bridgehead atoms. The van der Waals surface area contributed by atoms with Crippen LogP contribution in [0.15, 0.2) is 51.9 Å². The highest BCUT2D eigenvalue weighted by Crippen LogP contribution is 2.25. The fourth-order valence-corrected chi connectivity index (χ4v) is 3.01. The molecule has 1 amide bonds. The molecule has 0 saturated heterocycles. The molecule has 0 unspecified atom stereocenters. The summed E-state index contributed by atoms with van der Waals surface area (Å²) in [7, 11) is 0. The highest BCUT2D eigenvalue weighted by Gasteiger charge is 2.11. The maximum atomic E-state index is 12.3. The van der Waals surface area contributed by atoms with Gasteiger partial charge in [0.05, 0.1) is 11.9 Å². The normalized spacial score (nSPS) is 10.7. The van der Waals surface area contributed by atoms with Gasteiger partial charge in [-0.3, -0.25) is 4.79 Å². The molecule has 0 aliphatic carbocycles. The van der Waals surface area contributed by atoms with Crippen molar-refractivity contribution in [2.45, 2.75) is 27.3 Å². The Morgan fingerprint density at radius 2 is 1.78 bits per heavy atom. The van der Waals surface area contributed by atoms with Crippen molar-refractivity contribution in [3.05, 3.63) is 74.2 Å². The van der Waals surface area contributed by atoms with Gasteiger partial charge in [-0.2, -0.15) is 10.1 Å². The number of amides is 1. The van der Waals surface area contributed by atoms with Crippen molar-refractivity contribution in [1.29, 1.82) is 0 Å². The van der Waals surface area contributed by atoms with Gasteiger partial charge < -0.3 is 5.32 Å². The molecular weight excluding hydrogens is 408 g/mol. The van der Waals surface area contributed by atoms with Gasteiger partial charge in [0, 0.05) is 15.7 Å². The molecular formula is C20H19BrN4O2. The van der Waals surface area contributed by atoms with E-state index in [1.165, 1.54) is 6.20 Å². The fourth-order valence-electron chi connectivity index (χ4n) is 2.58. The number of benzene rings is 2. The zero-order valence-electron chi connectivity index (χ0n) is 15.3. The second kappa shape index (κ2) is 7.84. The minimum Gasteiger partial charge on any atom is -0.324 e. The van der Waals surface area contributed by atoms with Crippen LogP contribution in [0.25, 0.3) is 11.3 Å². The summed E-state index contributed by atoms with van der Waals surface area (Å²) in [6.07, 6.45) is 1.49. The largest absolute Gasteiger partial charge is 0.365 e. The Kier molecular flexibility index (Phi) is 5.51. The van der Waals surface area contributed by atoms with Gasteiger partial charge in [0.1, 0.15) is 6.54 Å². The van der Waals surface area contributed by atoms with Crippen LogP contribution in [0.5, 0.6) is 0 Å². The SMILES string of the molecule is Cc1ccc(-c2cnn(CC(=O)Nc3ccc(Br)c(C)c3C)c(=O)n2)cc1. The average molecular weight is 427 g/mol. The molecule has 27 heavy (non-hydrogen) atoms. The van der Waals surface area contributed by atoms with Crippen molar-refractivity contribution in [1.82, 2.24) is 14.8 Å². The standard InChI is InChI=1S/C20H19BrN4O2/c1-12-4-6-15(7-5-12)18-10-22-25(20(27)24-18)11-19(26)23-17-9-8-16(21)13(2)14(17)3/h4-10H,11H2,1-3H3,(H,23,26). The predicted octanol–water partition coefficient (Wildman–Crippen LogP) is 3.63. The number of aryl methyl sites for hydroxylation is 1. The summed E-state index contributed by atoms with van der Waals surface area (Å²) >= 11 is 3.46. The molecule has 0 atom stereocenters. The average Bonchev–Trinajstić information content (AvgIpc) is 2.64. The second-order valence-corrected chi connectivity index (χ2v) is 7.20. The lowest BCUT2D eigenvalue weighted by molar-refractivity contribution is -0.117. The molecule has 1 heterocycles. The second-order valence-electron chi connectivity index (χ2n) is 6.34. The van der Waals surface area contributed by atoms with E-state index >= 15 is 0 Å². The number of nitrogens with one attached hydrogen (secondary N) is 1. The molecule has 1 N–H and O–H groups in total. The van der Waals surface area contributed by atoms with E-state index in [2.05, 4.69) is 31.3 Å². The monoisotopic (exact) mass is 426 g/mol. The van der Waals surface area contributed by atoms with Gasteiger partial charge in [0.2, 0.25) is 5.91 Å². The fraction of sp³-hybridized carbons (Fsp3) is 0.200. The van der Waals surface area contributed by atoms with Crippen LogP contribution in [-0.4, -0.2) is 20.7 Å². The van der Waals surface area contributed by atoms with E-state index in [1.54, 1.807) is 0 Å². The Bertz CT molecular complexity index is 1060. The van der Waals surface area contributed by atoms with Crippen LogP contribution in [0.4, 0.5) is 5.69 Å². The first-order valence-electron chi connectivity index (χ1n) is 8.42. The summed E-state index contributed by atoms with van der Waals surface area (Å²) in [5, 5.41) is 6.91. The minimum atomic E-state index is -0.563. The maximum Gasteiger partial charge on any atom is 0.365 e. The zero-order chi connectivity index (χ0) is 19.6. The van der Waals surface area contributed by atoms with Crippen molar-refractivity contribution in [2.75, 3.05) is 5.32 Å². The Morgan fingerprint density at radius 1 is 1.07 bits per heavy atom. The number of halogens is 1. The third kappa shape index (κ3) is 4.31. The summed E-state index contributed by atoms with van der Waals surface area (Å²) < 4.78 is 2.03. The van der Waals surface area contributed by atoms with Crippen LogP contribution in [0.3, 0.4) is 0 Å². The van der Waals surface area contributed by atoms with Crippen molar-refractivity contribution < 1.29 is 4.79 Å². The summed E-state index contributed by atoms with van der Waals surface area (Å²) in [5.74, 6) is -0.334. The summed E-state index contributed by atoms with van der Waals surface area (Å²) in [6, 6.07) is 11.3. The highest BCUT2D eigenvalue weighted by atomic mass is 79.9. The lowest BCUT2D eigenvalue weighted by Gasteiger charge is -2.12. The molecule has 0 aliphatic heterocycles. The first-order valence-corrected chi connectivity index (χ1v) is 9.21. The number of carbonyl (C=O) groups is 1. The van der Waals surface area contributed by atoms with E-state index in [9.17, 15) is 9.59 Å². The molecule has 6 nitrogen and oxygen atoms in total. The quantitative estimate of drug-likeness (QED) is 0.690. The molecule has 0 aliphatic rings. The Balaban J connectivity index is 1.76. The third-order valence-corrected chi connectivity index (χ3v) is 5.25. The number of anilines is 1. The van der Waals surface area contributed by atoms with Crippen LogP contribution >= 0.6 is 15.9 Å². The zero-order valence-corrected chi connectivity index (χ0v) is 16.9. The number of rotatable bonds is 4. The first kappa shape index (κ1) is 19.0. The van der Waals surface area contributed by atoms with Crippen LogP contribution in [0.2, 0.25) is 0 Å². The molecule has 0 radical (unpaired) electrons. The van der Waals surface area contributed by atoms with Crippen molar-refractivity contribution >= 4 is 27.5 Å². The third-order valence-electron chi connectivity index (χ3n) is 4.39. The molecule has 1 aromatic heterocycles. The molecule has 0 saturated carbocycles. The van der Waals surface area contributed by atoms with Crippen LogP contribution < -0.4 is 11.0 Å². The Labute approximate surface area is 165 Å². The number of hydrogen-bond donors (Lipinski definition) is 1. The summed E-state index contributed by atoms with van der Waals surface area (Å²) in [5.41, 5.74) is 4.57. The smallest absolute Gasteiger partial charge is 0.324 e. The van der Waals surface area contributed by atoms with Gasteiger partial charge in [-0.1, -0.05) is 45.8 Å². The molecule has 7 heteroatoms. The van der Waals surface area contributed by atoms with Crippen molar-refractivity contribution in [2.24, 2.45) is 0 Å². The van der Waals surface area contributed by atoms with E-state index in [-0.39, 0.29) is 12.5 Å². The predicted molar refractivity (Wildman–Crippen MR) is 109 cm³/mol. The lowest BCUT2D eigenvalue weighted by atomic mass is 10.1. The van der Waals surface area contributed by atoms with E-state index in [0.29, 0.717) is 11.4 Å². The van der Waals surface area contributed by atoms with Gasteiger partial charge >= 0.3 is 5.69 Å². The van der Waals surface area contributed by atoms with Crippen LogP contribution in [-0.2, 0) is 11.3 Å². The van der Waals surface area contributed by atoms with Gasteiger partial charge in [0.25, 0.3) is 0 Å².